The van der Waals surface area contributed by atoms with Crippen molar-refractivity contribution < 1.29 is 75.1 Å². The van der Waals surface area contributed by atoms with Gasteiger partial charge in [0.1, 0.15) is 53.6 Å². The third-order valence-corrected chi connectivity index (χ3v) is 20.3. The van der Waals surface area contributed by atoms with Gasteiger partial charge in [0.15, 0.2) is 0 Å². The molecule has 0 radical (unpaired) electrons. The quantitative estimate of drug-likeness (QED) is 0.253. The predicted molar refractivity (Wildman–Crippen MR) is 361 cm³/mol. The Morgan fingerprint density at radius 3 is 1.82 bits per heavy atom. The first kappa shape index (κ1) is 80.1. The SMILES string of the molecule is CC[C@H](C)[C@@H]1NC(=O)[C@H](CC(C)C)N(C)C(=O)C[C@@H](C(=O)N2CCCCC2)N(C)C(=O)[C@H](C(C)C)N(C)C(=O)C2(CCCC2)NC(=O)[C@@H]2CCCN2C(=O)[C@H](CCc2ccc(C(F)(F)F)c(Cl)c2)NC(=O)CN(C)C(=O)[C@H](Cc2ccc(F)cc2)N(C)C(=O)CN(C)C(=O)CN(C)C1=O. The number of rotatable bonds is 11. The molecule has 4 fully saturated rings. The Labute approximate surface area is 583 Å². The highest BCUT2D eigenvalue weighted by molar-refractivity contribution is 6.31. The van der Waals surface area contributed by atoms with Crippen molar-refractivity contribution in [1.29, 1.82) is 0 Å². The molecular weight excluding hydrogens is 1310 g/mol. The maximum Gasteiger partial charge on any atom is 0.417 e. The van der Waals surface area contributed by atoms with Gasteiger partial charge >= 0.3 is 6.18 Å². The van der Waals surface area contributed by atoms with Crippen LogP contribution in [0.4, 0.5) is 17.6 Å². The number of likely N-dealkylation sites (N-methyl/N-ethyl adjacent to an activating group) is 7. The number of aryl methyl sites for hydroxylation is 1. The highest BCUT2D eigenvalue weighted by atomic mass is 35.5. The number of amides is 12. The van der Waals surface area contributed by atoms with Crippen molar-refractivity contribution in [3.05, 3.63) is 70.0 Å². The molecule has 3 aliphatic heterocycles. The number of piperidine rings is 1. The van der Waals surface area contributed by atoms with E-state index in [0.717, 1.165) is 50.3 Å². The maximum atomic E-state index is 15.4. The van der Waals surface area contributed by atoms with Crippen molar-refractivity contribution in [2.45, 2.75) is 192 Å². The minimum Gasteiger partial charge on any atom is -0.343 e. The van der Waals surface area contributed by atoms with Gasteiger partial charge < -0.3 is 60.0 Å². The fraction of sp³-hybridized carbons (Fsp3) is 0.657. The van der Waals surface area contributed by atoms with E-state index in [0.29, 0.717) is 50.8 Å². The van der Waals surface area contributed by atoms with Crippen LogP contribution in [0, 0.1) is 23.6 Å². The smallest absolute Gasteiger partial charge is 0.343 e. The van der Waals surface area contributed by atoms with E-state index in [9.17, 15) is 60.7 Å². The Bertz CT molecular complexity index is 3270. The molecule has 1 spiro atoms. The summed E-state index contributed by atoms with van der Waals surface area (Å²) in [5.41, 5.74) is -2.06. The van der Waals surface area contributed by atoms with Gasteiger partial charge in [-0.2, -0.15) is 13.2 Å². The van der Waals surface area contributed by atoms with E-state index in [2.05, 4.69) is 16.0 Å². The van der Waals surface area contributed by atoms with Crippen LogP contribution in [0.25, 0.3) is 0 Å². The number of fused-ring (bicyclic) bond motifs is 1. The number of benzene rings is 2. The fourth-order valence-corrected chi connectivity index (χ4v) is 14.0. The van der Waals surface area contributed by atoms with Crippen LogP contribution >= 0.6 is 11.6 Å². The number of likely N-dealkylation sites (tertiary alicyclic amines) is 1. The Balaban J connectivity index is 1.43. The van der Waals surface area contributed by atoms with E-state index in [1.54, 1.807) is 32.6 Å². The zero-order valence-corrected chi connectivity index (χ0v) is 60.2. The molecule has 2 aromatic rings. The minimum atomic E-state index is -4.78. The second kappa shape index (κ2) is 34.9. The van der Waals surface area contributed by atoms with Gasteiger partial charge in [-0.3, -0.25) is 57.5 Å². The standard InChI is InChI=1S/C70H101ClF4N12O12/c1-14-44(6)59-66(97)81(9)40-57(90)79(7)41-58(91)83(11)53(37-46-22-26-47(72)27-23-46)64(95)80(8)39-55(88)76-50(29-25-45-24-28-48(49(71)36-45)70(73,74)75)63(94)87-34-20-21-51(87)62(93)78-69(30-16-17-31-69)68(99)85(13)60(43(4)5)67(98)84(12)54(65(96)86-32-18-15-19-33-86)38-56(89)82(10)52(35-42(2)3)61(92)77-59/h22-24,26-28,36,42-44,50-54,59-60H,14-21,25,29-35,37-41H2,1-13H3,(H,76,88)(H,77,92)(H,78,93)/t44-,50-,51-,52-,53-,54-,59-,60-/m0/s1. The van der Waals surface area contributed by atoms with Crippen LogP contribution in [0.1, 0.15) is 142 Å². The zero-order valence-electron chi connectivity index (χ0n) is 59.5. The summed E-state index contributed by atoms with van der Waals surface area (Å²) < 4.78 is 55.7. The van der Waals surface area contributed by atoms with Gasteiger partial charge in [0.2, 0.25) is 70.9 Å². The average molecular weight is 1410 g/mol. The lowest BCUT2D eigenvalue weighted by Crippen LogP contribution is -2.65. The van der Waals surface area contributed by atoms with Crippen molar-refractivity contribution >= 4 is 82.5 Å². The largest absolute Gasteiger partial charge is 0.417 e. The molecule has 1 aliphatic carbocycles. The normalized spacial score (nSPS) is 24.9. The molecule has 3 N–H and O–H groups in total. The summed E-state index contributed by atoms with van der Waals surface area (Å²) in [6.07, 6.45) is -1.71. The van der Waals surface area contributed by atoms with Crippen molar-refractivity contribution in [2.75, 3.05) is 88.6 Å². The Morgan fingerprint density at radius 2 is 1.23 bits per heavy atom. The molecule has 1 saturated carbocycles. The first-order chi connectivity index (χ1) is 46.4. The second-order valence-corrected chi connectivity index (χ2v) is 28.5. The Kier molecular flexibility index (Phi) is 28.2. The van der Waals surface area contributed by atoms with Gasteiger partial charge in [0.25, 0.3) is 0 Å². The Hall–Kier alpha value is -7.91. The third kappa shape index (κ3) is 20.2. The summed E-state index contributed by atoms with van der Waals surface area (Å²) in [4.78, 5) is 188. The lowest BCUT2D eigenvalue weighted by Gasteiger charge is -2.42. The van der Waals surface area contributed by atoms with Crippen molar-refractivity contribution in [1.82, 2.24) is 60.0 Å². The Morgan fingerprint density at radius 1 is 0.636 bits per heavy atom. The van der Waals surface area contributed by atoms with Crippen LogP contribution in [0.15, 0.2) is 42.5 Å². The van der Waals surface area contributed by atoms with Crippen LogP contribution in [0.5, 0.6) is 0 Å². The molecule has 0 aromatic heterocycles. The van der Waals surface area contributed by atoms with Gasteiger partial charge in [-0.05, 0) is 117 Å². The lowest BCUT2D eigenvalue weighted by atomic mass is 9.91. The fourth-order valence-electron chi connectivity index (χ4n) is 13.7. The van der Waals surface area contributed by atoms with Gasteiger partial charge in [0.05, 0.1) is 36.6 Å². The molecule has 2 aromatic carbocycles. The summed E-state index contributed by atoms with van der Waals surface area (Å²) in [6.45, 7) is 9.36. The number of halogens is 5. The summed E-state index contributed by atoms with van der Waals surface area (Å²) >= 11 is 6.12. The van der Waals surface area contributed by atoms with E-state index >= 15 is 14.4 Å². The highest BCUT2D eigenvalue weighted by Crippen LogP contribution is 2.37. The molecule has 8 atom stereocenters. The summed E-state index contributed by atoms with van der Waals surface area (Å²) in [5.74, 6) is -10.6. The van der Waals surface area contributed by atoms with Crippen molar-refractivity contribution in [3.8, 4) is 0 Å². The van der Waals surface area contributed by atoms with Crippen LogP contribution in [-0.4, -0.2) is 251 Å². The van der Waals surface area contributed by atoms with Crippen molar-refractivity contribution in [2.24, 2.45) is 17.8 Å². The molecular formula is C70H101ClF4N12O12. The first-order valence-corrected chi connectivity index (χ1v) is 34.7. The molecule has 29 heteroatoms. The van der Waals surface area contributed by atoms with Crippen LogP contribution in [0.2, 0.25) is 5.02 Å². The molecule has 548 valence electrons. The van der Waals surface area contributed by atoms with E-state index in [1.807, 2.05) is 13.8 Å². The monoisotopic (exact) mass is 1410 g/mol. The van der Waals surface area contributed by atoms with Gasteiger partial charge in [-0.1, -0.05) is 90.6 Å². The van der Waals surface area contributed by atoms with E-state index in [4.69, 9.17) is 11.6 Å². The highest BCUT2D eigenvalue weighted by Gasteiger charge is 2.51. The maximum absolute atomic E-state index is 15.4. The molecule has 4 aliphatic rings. The average Bonchev–Trinajstić information content (AvgIpc) is 1.77. The van der Waals surface area contributed by atoms with Crippen molar-refractivity contribution in [3.63, 3.8) is 0 Å². The molecule has 3 heterocycles. The molecule has 3 saturated heterocycles. The minimum absolute atomic E-state index is 0.00811. The summed E-state index contributed by atoms with van der Waals surface area (Å²) in [5, 5.41) is 7.93. The van der Waals surface area contributed by atoms with E-state index in [-0.39, 0.29) is 69.4 Å². The molecule has 12 amide bonds. The zero-order chi connectivity index (χ0) is 73.7. The van der Waals surface area contributed by atoms with Crippen LogP contribution < -0.4 is 16.0 Å². The number of hydrogen-bond donors (Lipinski definition) is 3. The number of nitrogens with zero attached hydrogens (tertiary/aromatic N) is 9. The first-order valence-electron chi connectivity index (χ1n) is 34.3. The molecule has 6 rings (SSSR count). The molecule has 99 heavy (non-hydrogen) atoms. The van der Waals surface area contributed by atoms with Gasteiger partial charge in [-0.15, -0.1) is 0 Å². The number of carbonyl (C=O) groups excluding carboxylic acids is 12. The molecule has 24 nitrogen and oxygen atoms in total. The van der Waals surface area contributed by atoms with E-state index in [1.165, 1.54) is 87.1 Å². The predicted octanol–water partition coefficient (Wildman–Crippen LogP) is 4.91. The van der Waals surface area contributed by atoms with E-state index < -0.39 is 179 Å². The topological polar surface area (TPSA) is 270 Å². The number of nitrogens with one attached hydrogen (secondary N) is 3. The van der Waals surface area contributed by atoms with Crippen LogP contribution in [-0.2, 0) is 76.6 Å². The van der Waals surface area contributed by atoms with Gasteiger partial charge in [0, 0.05) is 75.4 Å². The summed E-state index contributed by atoms with van der Waals surface area (Å²) in [6, 6.07) is -1.15. The number of hydrogen-bond acceptors (Lipinski definition) is 12. The lowest BCUT2D eigenvalue weighted by molar-refractivity contribution is -0.156. The number of carbonyl (C=O) groups is 12. The number of alkyl halides is 3. The van der Waals surface area contributed by atoms with Crippen LogP contribution in [0.3, 0.4) is 0 Å². The molecule has 0 bridgehead atoms. The van der Waals surface area contributed by atoms with Gasteiger partial charge in [-0.25, -0.2) is 4.39 Å². The second-order valence-electron chi connectivity index (χ2n) is 28.1. The molecule has 0 unspecified atom stereocenters. The third-order valence-electron chi connectivity index (χ3n) is 19.9. The summed E-state index contributed by atoms with van der Waals surface area (Å²) in [7, 11) is 9.43.